The molecule has 1 heterocycles. The number of aromatic nitrogens is 3. The molecule has 15 heavy (non-hydrogen) atoms. The molecule has 1 atom stereocenters. The second kappa shape index (κ2) is 4.75. The van der Waals surface area contributed by atoms with E-state index in [1.54, 1.807) is 6.33 Å². The molecule has 1 unspecified atom stereocenters. The van der Waals surface area contributed by atoms with Gasteiger partial charge in [0, 0.05) is 12.6 Å². The van der Waals surface area contributed by atoms with E-state index in [-0.39, 0.29) is 0 Å². The number of rotatable bonds is 6. The lowest BCUT2D eigenvalue weighted by Gasteiger charge is -2.12. The Morgan fingerprint density at radius 2 is 2.40 bits per heavy atom. The summed E-state index contributed by atoms with van der Waals surface area (Å²) >= 11 is 0. The molecule has 1 fully saturated rings. The summed E-state index contributed by atoms with van der Waals surface area (Å²) in [6.45, 7) is 6.15. The van der Waals surface area contributed by atoms with E-state index in [9.17, 15) is 0 Å². The van der Waals surface area contributed by atoms with Gasteiger partial charge < -0.3 is 9.88 Å². The molecule has 84 valence electrons. The second-order valence-electron chi connectivity index (χ2n) is 4.49. The van der Waals surface area contributed by atoms with Crippen molar-refractivity contribution in [1.82, 2.24) is 20.1 Å². The molecule has 0 amide bonds. The minimum absolute atomic E-state index is 0.597. The highest BCUT2D eigenvalue weighted by atomic mass is 15.3. The summed E-state index contributed by atoms with van der Waals surface area (Å²) in [6, 6.07) is 0.597. The van der Waals surface area contributed by atoms with Gasteiger partial charge >= 0.3 is 0 Å². The summed E-state index contributed by atoms with van der Waals surface area (Å²) in [5.74, 6) is 2.02. The molecule has 0 radical (unpaired) electrons. The summed E-state index contributed by atoms with van der Waals surface area (Å²) in [5, 5.41) is 11.5. The number of nitrogens with zero attached hydrogens (tertiary/aromatic N) is 3. The first-order chi connectivity index (χ1) is 7.29. The SMILES string of the molecule is CCn1cnnc1CNC(C)CC1CC1. The highest BCUT2D eigenvalue weighted by Crippen LogP contribution is 2.33. The maximum Gasteiger partial charge on any atom is 0.146 e. The van der Waals surface area contributed by atoms with Gasteiger partial charge in [-0.1, -0.05) is 12.8 Å². The standard InChI is InChI=1S/C11H20N4/c1-3-15-8-13-14-11(15)7-12-9(2)6-10-4-5-10/h8-10,12H,3-7H2,1-2H3. The smallest absolute Gasteiger partial charge is 0.146 e. The van der Waals surface area contributed by atoms with Crippen molar-refractivity contribution in [3.05, 3.63) is 12.2 Å². The van der Waals surface area contributed by atoms with Crippen LogP contribution in [0.1, 0.15) is 38.9 Å². The Hall–Kier alpha value is -0.900. The van der Waals surface area contributed by atoms with Crippen LogP contribution in [-0.4, -0.2) is 20.8 Å². The van der Waals surface area contributed by atoms with E-state index in [2.05, 4.69) is 33.9 Å². The van der Waals surface area contributed by atoms with Gasteiger partial charge in [-0.15, -0.1) is 10.2 Å². The topological polar surface area (TPSA) is 42.7 Å². The lowest BCUT2D eigenvalue weighted by atomic mass is 10.1. The van der Waals surface area contributed by atoms with Crippen LogP contribution in [0.4, 0.5) is 0 Å². The summed E-state index contributed by atoms with van der Waals surface area (Å²) in [6.07, 6.45) is 5.96. The van der Waals surface area contributed by atoms with Crippen LogP contribution >= 0.6 is 0 Å². The van der Waals surface area contributed by atoms with E-state index >= 15 is 0 Å². The monoisotopic (exact) mass is 208 g/mol. The molecule has 0 spiro atoms. The van der Waals surface area contributed by atoms with Crippen molar-refractivity contribution in [3.63, 3.8) is 0 Å². The van der Waals surface area contributed by atoms with Crippen LogP contribution in [0.3, 0.4) is 0 Å². The lowest BCUT2D eigenvalue weighted by Crippen LogP contribution is -2.27. The molecular formula is C11H20N4. The highest BCUT2D eigenvalue weighted by molar-refractivity contribution is 4.86. The van der Waals surface area contributed by atoms with Gasteiger partial charge in [0.15, 0.2) is 0 Å². The van der Waals surface area contributed by atoms with Crippen LogP contribution in [0.5, 0.6) is 0 Å². The zero-order valence-electron chi connectivity index (χ0n) is 9.61. The molecule has 0 aromatic carbocycles. The summed E-state index contributed by atoms with van der Waals surface area (Å²) < 4.78 is 2.08. The number of aryl methyl sites for hydroxylation is 1. The van der Waals surface area contributed by atoms with Gasteiger partial charge in [0.25, 0.3) is 0 Å². The fourth-order valence-corrected chi connectivity index (χ4v) is 1.88. The van der Waals surface area contributed by atoms with Crippen LogP contribution in [0.15, 0.2) is 6.33 Å². The van der Waals surface area contributed by atoms with Gasteiger partial charge in [0.2, 0.25) is 0 Å². The Bertz CT molecular complexity index is 303. The van der Waals surface area contributed by atoms with E-state index in [1.165, 1.54) is 19.3 Å². The fourth-order valence-electron chi connectivity index (χ4n) is 1.88. The molecule has 4 heteroatoms. The third-order valence-electron chi connectivity index (χ3n) is 3.03. The molecule has 0 aliphatic heterocycles. The van der Waals surface area contributed by atoms with E-state index < -0.39 is 0 Å². The number of nitrogens with one attached hydrogen (secondary N) is 1. The Balaban J connectivity index is 1.76. The highest BCUT2D eigenvalue weighted by Gasteiger charge is 2.23. The van der Waals surface area contributed by atoms with Crippen LogP contribution in [0.25, 0.3) is 0 Å². The third-order valence-corrected chi connectivity index (χ3v) is 3.03. The zero-order chi connectivity index (χ0) is 10.7. The van der Waals surface area contributed by atoms with E-state index in [0.717, 1.165) is 24.8 Å². The van der Waals surface area contributed by atoms with Gasteiger partial charge in [-0.05, 0) is 26.2 Å². The van der Waals surface area contributed by atoms with Crippen molar-refractivity contribution in [3.8, 4) is 0 Å². The summed E-state index contributed by atoms with van der Waals surface area (Å²) in [7, 11) is 0. The van der Waals surface area contributed by atoms with Crippen molar-refractivity contribution >= 4 is 0 Å². The van der Waals surface area contributed by atoms with Crippen molar-refractivity contribution in [2.24, 2.45) is 5.92 Å². The van der Waals surface area contributed by atoms with Crippen LogP contribution in [0.2, 0.25) is 0 Å². The Morgan fingerprint density at radius 3 is 3.07 bits per heavy atom. The normalized spacial score (nSPS) is 18.0. The molecule has 4 nitrogen and oxygen atoms in total. The molecule has 1 saturated carbocycles. The average molecular weight is 208 g/mol. The summed E-state index contributed by atoms with van der Waals surface area (Å²) in [5.41, 5.74) is 0. The predicted molar refractivity (Wildman–Crippen MR) is 59.3 cm³/mol. The first-order valence-electron chi connectivity index (χ1n) is 5.89. The van der Waals surface area contributed by atoms with Crippen LogP contribution in [0, 0.1) is 5.92 Å². The molecule has 1 aliphatic rings. The largest absolute Gasteiger partial charge is 0.317 e. The first-order valence-corrected chi connectivity index (χ1v) is 5.89. The van der Waals surface area contributed by atoms with E-state index in [1.807, 2.05) is 0 Å². The molecule has 0 bridgehead atoms. The second-order valence-corrected chi connectivity index (χ2v) is 4.49. The Morgan fingerprint density at radius 1 is 1.60 bits per heavy atom. The van der Waals surface area contributed by atoms with E-state index in [0.29, 0.717) is 6.04 Å². The van der Waals surface area contributed by atoms with Crippen molar-refractivity contribution in [2.45, 2.75) is 52.2 Å². The number of hydrogen-bond donors (Lipinski definition) is 1. The van der Waals surface area contributed by atoms with Crippen LogP contribution in [-0.2, 0) is 13.1 Å². The van der Waals surface area contributed by atoms with Gasteiger partial charge in [-0.2, -0.15) is 0 Å². The maximum absolute atomic E-state index is 4.10. The minimum Gasteiger partial charge on any atom is -0.317 e. The van der Waals surface area contributed by atoms with Crippen molar-refractivity contribution < 1.29 is 0 Å². The molecule has 2 rings (SSSR count). The minimum atomic E-state index is 0.597. The number of hydrogen-bond acceptors (Lipinski definition) is 3. The van der Waals surface area contributed by atoms with E-state index in [4.69, 9.17) is 0 Å². The Kier molecular flexibility index (Phi) is 3.36. The van der Waals surface area contributed by atoms with Crippen LogP contribution < -0.4 is 5.32 Å². The van der Waals surface area contributed by atoms with Gasteiger partial charge in [0.05, 0.1) is 6.54 Å². The third kappa shape index (κ3) is 3.02. The lowest BCUT2D eigenvalue weighted by molar-refractivity contribution is 0.472. The van der Waals surface area contributed by atoms with Gasteiger partial charge in [-0.25, -0.2) is 0 Å². The maximum atomic E-state index is 4.10. The first kappa shape index (κ1) is 10.6. The van der Waals surface area contributed by atoms with Gasteiger partial charge in [-0.3, -0.25) is 0 Å². The molecule has 1 aromatic heterocycles. The zero-order valence-corrected chi connectivity index (χ0v) is 9.61. The molecule has 1 N–H and O–H groups in total. The van der Waals surface area contributed by atoms with Crippen molar-refractivity contribution in [1.29, 1.82) is 0 Å². The predicted octanol–water partition coefficient (Wildman–Crippen LogP) is 1.58. The quantitative estimate of drug-likeness (QED) is 0.771. The fraction of sp³-hybridized carbons (Fsp3) is 0.818. The van der Waals surface area contributed by atoms with Crippen molar-refractivity contribution in [2.75, 3.05) is 0 Å². The molecule has 1 aromatic rings. The molecule has 0 saturated heterocycles. The van der Waals surface area contributed by atoms with Gasteiger partial charge in [0.1, 0.15) is 12.2 Å². The molecule has 1 aliphatic carbocycles. The molecular weight excluding hydrogens is 188 g/mol. The summed E-state index contributed by atoms with van der Waals surface area (Å²) in [4.78, 5) is 0. The Labute approximate surface area is 91.1 Å². The average Bonchev–Trinajstić information content (AvgIpc) is 2.92.